The zero-order valence-electron chi connectivity index (χ0n) is 45.5. The first-order chi connectivity index (χ1) is 31.8. The van der Waals surface area contributed by atoms with Gasteiger partial charge in [0.15, 0.2) is 0 Å². The fraction of sp³-hybridized carbons (Fsp3) is 0.966. The van der Waals surface area contributed by atoms with Gasteiger partial charge in [0.25, 0.3) is 0 Å². The van der Waals surface area contributed by atoms with Crippen molar-refractivity contribution in [3.63, 3.8) is 0 Å². The SMILES string of the molecule is CCCCCCCCCN(CC=O)CCN(CCCCCCCCC)CCCCCCCCC.CCCCCCCCCN(CCC1CCN(C)CC1)CC(C)COC(=O)CCCCC. The monoisotopic (exact) mass is 919 g/mol. The van der Waals surface area contributed by atoms with Gasteiger partial charge in [0, 0.05) is 32.0 Å². The molecule has 0 aliphatic carbocycles. The Morgan fingerprint density at radius 1 is 0.508 bits per heavy atom. The second-order valence-electron chi connectivity index (χ2n) is 20.9. The van der Waals surface area contributed by atoms with Gasteiger partial charge in [-0.15, -0.1) is 0 Å². The van der Waals surface area contributed by atoms with Crippen LogP contribution in [0.1, 0.15) is 266 Å². The topological polar surface area (TPSA) is 56.3 Å². The van der Waals surface area contributed by atoms with E-state index in [0.717, 1.165) is 57.6 Å². The number of aldehydes is 1. The van der Waals surface area contributed by atoms with Crippen LogP contribution in [0, 0.1) is 11.8 Å². The third-order valence-electron chi connectivity index (χ3n) is 14.2. The molecule has 0 saturated carbocycles. The fourth-order valence-corrected chi connectivity index (χ4v) is 9.52. The number of nitrogens with zero attached hydrogens (tertiary/aromatic N) is 4. The van der Waals surface area contributed by atoms with Gasteiger partial charge in [0.1, 0.15) is 6.29 Å². The summed E-state index contributed by atoms with van der Waals surface area (Å²) >= 11 is 0. The molecule has 1 saturated heterocycles. The Labute approximate surface area is 408 Å². The van der Waals surface area contributed by atoms with Crippen LogP contribution in [0.15, 0.2) is 0 Å². The van der Waals surface area contributed by atoms with Gasteiger partial charge in [-0.3, -0.25) is 9.69 Å². The Morgan fingerprint density at radius 3 is 1.31 bits per heavy atom. The van der Waals surface area contributed by atoms with E-state index >= 15 is 0 Å². The molecule has 0 spiro atoms. The third kappa shape index (κ3) is 45.2. The molecule has 0 bridgehead atoms. The number of hydrogen-bond acceptors (Lipinski definition) is 7. The van der Waals surface area contributed by atoms with Gasteiger partial charge < -0.3 is 24.2 Å². The normalized spacial score (nSPS) is 14.1. The lowest BCUT2D eigenvalue weighted by molar-refractivity contribution is -0.145. The lowest BCUT2D eigenvalue weighted by Crippen LogP contribution is -2.37. The van der Waals surface area contributed by atoms with Crippen molar-refractivity contribution in [1.82, 2.24) is 19.6 Å². The van der Waals surface area contributed by atoms with Gasteiger partial charge in [0.05, 0.1) is 13.2 Å². The molecular weight excluding hydrogens is 801 g/mol. The molecule has 1 atom stereocenters. The zero-order valence-corrected chi connectivity index (χ0v) is 45.5. The number of rotatable bonds is 48. The van der Waals surface area contributed by atoms with Crippen molar-refractivity contribution in [2.24, 2.45) is 11.8 Å². The lowest BCUT2D eigenvalue weighted by atomic mass is 9.93. The summed E-state index contributed by atoms with van der Waals surface area (Å²) in [7, 11) is 2.24. The van der Waals surface area contributed by atoms with E-state index < -0.39 is 0 Å². The molecule has 1 fully saturated rings. The summed E-state index contributed by atoms with van der Waals surface area (Å²) in [5.74, 6) is 1.29. The van der Waals surface area contributed by atoms with Gasteiger partial charge in [-0.25, -0.2) is 0 Å². The summed E-state index contributed by atoms with van der Waals surface area (Å²) in [6.45, 7) is 26.5. The van der Waals surface area contributed by atoms with Crippen molar-refractivity contribution >= 4 is 12.3 Å². The lowest BCUT2D eigenvalue weighted by Gasteiger charge is -2.31. The van der Waals surface area contributed by atoms with E-state index in [1.54, 1.807) is 0 Å². The minimum atomic E-state index is -0.00902. The Balaban J connectivity index is 0.00000126. The van der Waals surface area contributed by atoms with Crippen LogP contribution in [0.2, 0.25) is 0 Å². The molecule has 0 radical (unpaired) electrons. The van der Waals surface area contributed by atoms with E-state index in [1.807, 2.05) is 0 Å². The number of ether oxygens (including phenoxy) is 1. The van der Waals surface area contributed by atoms with Crippen molar-refractivity contribution in [1.29, 1.82) is 0 Å². The van der Waals surface area contributed by atoms with Crippen LogP contribution in [0.3, 0.4) is 0 Å². The minimum absolute atomic E-state index is 0.00902. The average molecular weight is 920 g/mol. The van der Waals surface area contributed by atoms with Crippen LogP contribution in [0.5, 0.6) is 0 Å². The van der Waals surface area contributed by atoms with Gasteiger partial charge in [-0.2, -0.15) is 0 Å². The van der Waals surface area contributed by atoms with Crippen molar-refractivity contribution < 1.29 is 14.3 Å². The van der Waals surface area contributed by atoms with Crippen molar-refractivity contribution in [2.45, 2.75) is 266 Å². The zero-order chi connectivity index (χ0) is 47.7. The molecule has 0 N–H and O–H groups in total. The Bertz CT molecular complexity index is 941. The number of unbranched alkanes of at least 4 members (excludes halogenated alkanes) is 26. The molecular formula is C58H118N4O3. The van der Waals surface area contributed by atoms with Crippen molar-refractivity contribution in [3.8, 4) is 0 Å². The van der Waals surface area contributed by atoms with Crippen LogP contribution >= 0.6 is 0 Å². The quantitative estimate of drug-likeness (QED) is 0.0342. The molecule has 0 amide bonds. The second-order valence-corrected chi connectivity index (χ2v) is 20.9. The molecule has 65 heavy (non-hydrogen) atoms. The second kappa shape index (κ2) is 50.8. The molecule has 7 nitrogen and oxygen atoms in total. The van der Waals surface area contributed by atoms with Crippen LogP contribution in [0.4, 0.5) is 0 Å². The smallest absolute Gasteiger partial charge is 0.305 e. The summed E-state index contributed by atoms with van der Waals surface area (Å²) in [6, 6.07) is 0. The van der Waals surface area contributed by atoms with Crippen molar-refractivity contribution in [2.75, 3.05) is 85.6 Å². The molecule has 0 aromatic heterocycles. The van der Waals surface area contributed by atoms with Crippen LogP contribution < -0.4 is 0 Å². The van der Waals surface area contributed by atoms with Gasteiger partial charge in [-0.05, 0) is 110 Å². The number of piperidine rings is 1. The van der Waals surface area contributed by atoms with E-state index in [9.17, 15) is 9.59 Å². The number of likely N-dealkylation sites (tertiary alicyclic amines) is 1. The largest absolute Gasteiger partial charge is 0.465 e. The molecule has 1 aliphatic rings. The molecule has 1 unspecified atom stereocenters. The highest BCUT2D eigenvalue weighted by Crippen LogP contribution is 2.21. The number of carbonyl (C=O) groups is 2. The molecule has 7 heteroatoms. The highest BCUT2D eigenvalue weighted by atomic mass is 16.5. The Hall–Kier alpha value is -1.02. The fourth-order valence-electron chi connectivity index (χ4n) is 9.52. The summed E-state index contributed by atoms with van der Waals surface area (Å²) in [5.41, 5.74) is 0. The molecule has 1 heterocycles. The Kier molecular flexibility index (Phi) is 50.0. The summed E-state index contributed by atoms with van der Waals surface area (Å²) in [5, 5.41) is 0. The number of esters is 1. The summed E-state index contributed by atoms with van der Waals surface area (Å²) in [6.07, 6.45) is 47.3. The molecule has 388 valence electrons. The predicted octanol–water partition coefficient (Wildman–Crippen LogP) is 15.6. The predicted molar refractivity (Wildman–Crippen MR) is 286 cm³/mol. The standard InChI is InChI=1S/C31H64N2O.C27H54N2O2/c1-4-7-10-13-16-19-22-25-32(26-23-20-17-14-11-8-5-2)28-29-33(30-31-34)27-24-21-18-15-12-9-6-3;1-5-7-9-10-11-12-14-19-29(22-18-26-16-20-28(4)21-17-26)23-25(3)24-31-27(30)15-13-8-6-2/h31H,4-30H2,1-3H3;25-26H,5-24H2,1-4H3. The third-order valence-corrected chi connectivity index (χ3v) is 14.2. The molecule has 1 rings (SSSR count). The average Bonchev–Trinajstić information content (AvgIpc) is 3.30. The van der Waals surface area contributed by atoms with Gasteiger partial charge >= 0.3 is 5.97 Å². The van der Waals surface area contributed by atoms with E-state index in [4.69, 9.17) is 4.74 Å². The maximum absolute atomic E-state index is 11.9. The highest BCUT2D eigenvalue weighted by Gasteiger charge is 2.19. The van der Waals surface area contributed by atoms with Crippen LogP contribution in [-0.2, 0) is 14.3 Å². The van der Waals surface area contributed by atoms with Gasteiger partial charge in [-0.1, -0.05) is 208 Å². The molecule has 1 aliphatic heterocycles. The first kappa shape index (κ1) is 64.0. The van der Waals surface area contributed by atoms with Gasteiger partial charge in [0.2, 0.25) is 0 Å². The van der Waals surface area contributed by atoms with E-state index in [2.05, 4.69) is 68.2 Å². The van der Waals surface area contributed by atoms with E-state index in [-0.39, 0.29) is 5.97 Å². The minimum Gasteiger partial charge on any atom is -0.465 e. The number of carbonyl (C=O) groups excluding carboxylic acids is 2. The first-order valence-electron chi connectivity index (χ1n) is 29.3. The van der Waals surface area contributed by atoms with Crippen LogP contribution in [0.25, 0.3) is 0 Å². The maximum Gasteiger partial charge on any atom is 0.305 e. The van der Waals surface area contributed by atoms with Crippen LogP contribution in [-0.4, -0.2) is 118 Å². The highest BCUT2D eigenvalue weighted by molar-refractivity contribution is 5.69. The Morgan fingerprint density at radius 2 is 0.877 bits per heavy atom. The number of hydrogen-bond donors (Lipinski definition) is 0. The molecule has 0 aromatic rings. The van der Waals surface area contributed by atoms with Crippen molar-refractivity contribution in [3.05, 3.63) is 0 Å². The summed E-state index contributed by atoms with van der Waals surface area (Å²) in [4.78, 5) is 33.4. The van der Waals surface area contributed by atoms with E-state index in [1.165, 1.54) is 238 Å². The first-order valence-corrected chi connectivity index (χ1v) is 29.3. The molecule has 0 aromatic carbocycles. The maximum atomic E-state index is 11.9. The van der Waals surface area contributed by atoms with E-state index in [0.29, 0.717) is 25.5 Å². The summed E-state index contributed by atoms with van der Waals surface area (Å²) < 4.78 is 5.57.